The Balaban J connectivity index is 1.50. The summed E-state index contributed by atoms with van der Waals surface area (Å²) < 4.78 is 18.9. The van der Waals surface area contributed by atoms with Gasteiger partial charge in [-0.2, -0.15) is 0 Å². The number of nitrogens with one attached hydrogen (secondary N) is 2. The molecule has 2 amide bonds. The van der Waals surface area contributed by atoms with Crippen molar-refractivity contribution < 1.29 is 18.7 Å². The Morgan fingerprint density at radius 1 is 1.10 bits per heavy atom. The maximum absolute atomic E-state index is 13.2. The average molecular weight is 443 g/mol. The van der Waals surface area contributed by atoms with Gasteiger partial charge in [0.1, 0.15) is 18.2 Å². The van der Waals surface area contributed by atoms with Crippen molar-refractivity contribution in [3.63, 3.8) is 0 Å². The Morgan fingerprint density at radius 2 is 1.87 bits per heavy atom. The molecule has 0 saturated heterocycles. The van der Waals surface area contributed by atoms with Crippen molar-refractivity contribution >= 4 is 28.8 Å². The van der Waals surface area contributed by atoms with Crippen LogP contribution < -0.4 is 15.4 Å². The fraction of sp³-hybridized carbons (Fsp3) is 0.273. The zero-order valence-corrected chi connectivity index (χ0v) is 18.0. The number of anilines is 1. The first-order valence-electron chi connectivity index (χ1n) is 9.81. The van der Waals surface area contributed by atoms with Crippen molar-refractivity contribution in [3.05, 3.63) is 69.9 Å². The number of hydrogen-bond acceptors (Lipinski definition) is 6. The molecule has 0 unspecified atom stereocenters. The Labute approximate surface area is 183 Å². The summed E-state index contributed by atoms with van der Waals surface area (Å²) in [7, 11) is 0. The number of benzene rings is 2. The predicted octanol–water partition coefficient (Wildman–Crippen LogP) is 4.28. The molecule has 0 radical (unpaired) electrons. The van der Waals surface area contributed by atoms with Gasteiger partial charge in [-0.25, -0.2) is 4.39 Å². The Bertz CT molecular complexity index is 1040. The molecule has 0 atom stereocenters. The highest BCUT2D eigenvalue weighted by atomic mass is 32.1. The number of halogens is 1. The number of carbonyl (C=O) groups is 2. The third-order valence-electron chi connectivity index (χ3n) is 4.23. The molecule has 0 aliphatic heterocycles. The molecule has 0 spiro atoms. The zero-order chi connectivity index (χ0) is 22.2. The van der Waals surface area contributed by atoms with Crippen molar-refractivity contribution in [2.45, 2.75) is 26.9 Å². The molecule has 0 aliphatic rings. The smallest absolute Gasteiger partial charge is 0.286 e. The van der Waals surface area contributed by atoms with Gasteiger partial charge in [0.25, 0.3) is 11.8 Å². The number of aromatic nitrogens is 2. The number of hydrogen-bond donors (Lipinski definition) is 2. The van der Waals surface area contributed by atoms with E-state index in [1.807, 2.05) is 0 Å². The van der Waals surface area contributed by atoms with E-state index in [1.54, 1.807) is 30.3 Å². The van der Waals surface area contributed by atoms with Gasteiger partial charge >= 0.3 is 0 Å². The van der Waals surface area contributed by atoms with Crippen LogP contribution >= 0.6 is 11.3 Å². The van der Waals surface area contributed by atoms with Crippen LogP contribution in [0.25, 0.3) is 0 Å². The van der Waals surface area contributed by atoms with Gasteiger partial charge in [0, 0.05) is 17.8 Å². The maximum Gasteiger partial charge on any atom is 0.286 e. The van der Waals surface area contributed by atoms with E-state index in [0.29, 0.717) is 34.5 Å². The minimum absolute atomic E-state index is 0.120. The fourth-order valence-electron chi connectivity index (χ4n) is 2.58. The summed E-state index contributed by atoms with van der Waals surface area (Å²) in [6.45, 7) is 4.98. The summed E-state index contributed by atoms with van der Waals surface area (Å²) in [5.74, 6) is 0.0692. The van der Waals surface area contributed by atoms with Crippen LogP contribution in [-0.2, 0) is 6.61 Å². The van der Waals surface area contributed by atoms with E-state index < -0.39 is 11.7 Å². The average Bonchev–Trinajstić information content (AvgIpc) is 3.21. The Kier molecular flexibility index (Phi) is 7.66. The third kappa shape index (κ3) is 6.85. The predicted molar refractivity (Wildman–Crippen MR) is 117 cm³/mol. The number of amides is 2. The summed E-state index contributed by atoms with van der Waals surface area (Å²) in [5.41, 5.74) is 0.898. The van der Waals surface area contributed by atoms with Crippen molar-refractivity contribution in [2.24, 2.45) is 5.92 Å². The summed E-state index contributed by atoms with van der Waals surface area (Å²) in [4.78, 5) is 24.3. The number of rotatable bonds is 9. The van der Waals surface area contributed by atoms with Crippen LogP contribution in [-0.4, -0.2) is 28.6 Å². The summed E-state index contributed by atoms with van der Waals surface area (Å²) in [6.07, 6.45) is 0.928. The van der Waals surface area contributed by atoms with Crippen LogP contribution in [0.3, 0.4) is 0 Å². The molecule has 2 aromatic carbocycles. The van der Waals surface area contributed by atoms with Gasteiger partial charge < -0.3 is 15.4 Å². The first kappa shape index (κ1) is 22.4. The molecular formula is C22H23FN4O3S. The third-order valence-corrected chi connectivity index (χ3v) is 5.13. The lowest BCUT2D eigenvalue weighted by atomic mass is 10.1. The maximum atomic E-state index is 13.2. The van der Waals surface area contributed by atoms with Gasteiger partial charge in [0.15, 0.2) is 5.01 Å². The standard InChI is InChI=1S/C22H23FN4O3S/c1-14(2)10-11-24-20(28)15-6-8-18(9-7-15)30-13-19-26-27-22(31-19)21(29)25-17-5-3-4-16(23)12-17/h3-9,12,14H,10-11,13H2,1-2H3,(H,24,28)(H,25,29). The Hall–Kier alpha value is -3.33. The Morgan fingerprint density at radius 3 is 2.58 bits per heavy atom. The molecule has 0 bridgehead atoms. The first-order chi connectivity index (χ1) is 14.9. The van der Waals surface area contributed by atoms with E-state index in [9.17, 15) is 14.0 Å². The van der Waals surface area contributed by atoms with E-state index >= 15 is 0 Å². The minimum Gasteiger partial charge on any atom is -0.486 e. The summed E-state index contributed by atoms with van der Waals surface area (Å²) >= 11 is 1.09. The van der Waals surface area contributed by atoms with Crippen LogP contribution in [0.4, 0.5) is 10.1 Å². The topological polar surface area (TPSA) is 93.2 Å². The molecule has 0 saturated carbocycles. The fourth-order valence-corrected chi connectivity index (χ4v) is 3.23. The summed E-state index contributed by atoms with van der Waals surface area (Å²) in [6, 6.07) is 12.4. The van der Waals surface area contributed by atoms with E-state index in [0.717, 1.165) is 17.8 Å². The molecule has 7 nitrogen and oxygen atoms in total. The summed E-state index contributed by atoms with van der Waals surface area (Å²) in [5, 5.41) is 13.9. The molecular weight excluding hydrogens is 419 g/mol. The molecule has 31 heavy (non-hydrogen) atoms. The molecule has 2 N–H and O–H groups in total. The van der Waals surface area contributed by atoms with Gasteiger partial charge in [-0.15, -0.1) is 10.2 Å². The molecule has 0 fully saturated rings. The van der Waals surface area contributed by atoms with Crippen molar-refractivity contribution in [1.29, 1.82) is 0 Å². The van der Waals surface area contributed by atoms with Gasteiger partial charge in [0.2, 0.25) is 5.01 Å². The van der Waals surface area contributed by atoms with Crippen LogP contribution in [0.5, 0.6) is 5.75 Å². The minimum atomic E-state index is -0.470. The van der Waals surface area contributed by atoms with Crippen molar-refractivity contribution in [3.8, 4) is 5.75 Å². The van der Waals surface area contributed by atoms with E-state index in [4.69, 9.17) is 4.74 Å². The highest BCUT2D eigenvalue weighted by molar-refractivity contribution is 7.13. The second-order valence-electron chi connectivity index (χ2n) is 7.22. The lowest BCUT2D eigenvalue weighted by Crippen LogP contribution is -2.25. The van der Waals surface area contributed by atoms with Gasteiger partial charge in [-0.05, 0) is 54.8 Å². The van der Waals surface area contributed by atoms with Crippen LogP contribution in [0, 0.1) is 11.7 Å². The quantitative estimate of drug-likeness (QED) is 0.516. The number of nitrogens with zero attached hydrogens (tertiary/aromatic N) is 2. The lowest BCUT2D eigenvalue weighted by Gasteiger charge is -2.08. The molecule has 162 valence electrons. The van der Waals surface area contributed by atoms with E-state index in [-0.39, 0.29) is 17.5 Å². The monoisotopic (exact) mass is 442 g/mol. The second kappa shape index (κ2) is 10.6. The number of carbonyl (C=O) groups excluding carboxylic acids is 2. The van der Waals surface area contributed by atoms with Crippen LogP contribution in [0.1, 0.15) is 45.4 Å². The molecule has 1 aromatic heterocycles. The first-order valence-corrected chi connectivity index (χ1v) is 10.6. The normalized spacial score (nSPS) is 10.7. The lowest BCUT2D eigenvalue weighted by molar-refractivity contribution is 0.0951. The largest absolute Gasteiger partial charge is 0.486 e. The van der Waals surface area contributed by atoms with Gasteiger partial charge in [0.05, 0.1) is 0 Å². The highest BCUT2D eigenvalue weighted by Crippen LogP contribution is 2.18. The van der Waals surface area contributed by atoms with Crippen LogP contribution in [0.15, 0.2) is 48.5 Å². The molecule has 0 aliphatic carbocycles. The molecule has 9 heteroatoms. The highest BCUT2D eigenvalue weighted by Gasteiger charge is 2.14. The molecule has 3 aromatic rings. The zero-order valence-electron chi connectivity index (χ0n) is 17.2. The second-order valence-corrected chi connectivity index (χ2v) is 8.28. The van der Waals surface area contributed by atoms with Crippen LogP contribution in [0.2, 0.25) is 0 Å². The van der Waals surface area contributed by atoms with Gasteiger partial charge in [-0.1, -0.05) is 31.3 Å². The molecule has 3 rings (SSSR count). The van der Waals surface area contributed by atoms with E-state index in [1.165, 1.54) is 18.2 Å². The number of ether oxygens (including phenoxy) is 1. The van der Waals surface area contributed by atoms with Gasteiger partial charge in [-0.3, -0.25) is 9.59 Å². The van der Waals surface area contributed by atoms with Crippen molar-refractivity contribution in [2.75, 3.05) is 11.9 Å². The molecule has 1 heterocycles. The SMILES string of the molecule is CC(C)CCNC(=O)c1ccc(OCc2nnc(C(=O)Nc3cccc(F)c3)s2)cc1. The van der Waals surface area contributed by atoms with Crippen molar-refractivity contribution in [1.82, 2.24) is 15.5 Å². The van der Waals surface area contributed by atoms with E-state index in [2.05, 4.69) is 34.7 Å².